The zero-order valence-electron chi connectivity index (χ0n) is 9.08. The average Bonchev–Trinajstić information content (AvgIpc) is 2.23. The zero-order chi connectivity index (χ0) is 13.1. The van der Waals surface area contributed by atoms with Gasteiger partial charge in [-0.2, -0.15) is 0 Å². The summed E-state index contributed by atoms with van der Waals surface area (Å²) in [5.41, 5.74) is 0.279. The van der Waals surface area contributed by atoms with E-state index in [0.29, 0.717) is 5.02 Å². The van der Waals surface area contributed by atoms with Crippen LogP contribution in [-0.2, 0) is 10.0 Å². The fourth-order valence-electron chi connectivity index (χ4n) is 1.21. The molecule has 1 N–H and O–H groups in total. The van der Waals surface area contributed by atoms with Crippen LogP contribution in [0.4, 0.5) is 5.69 Å². The molecule has 1 rings (SSSR count). The smallest absolute Gasteiger partial charge is 0.233 e. The molecule has 17 heavy (non-hydrogen) atoms. The lowest BCUT2D eigenvalue weighted by atomic mass is 10.3. The van der Waals surface area contributed by atoms with Gasteiger partial charge in [-0.05, 0) is 18.1 Å². The third kappa shape index (κ3) is 4.54. The maximum Gasteiger partial charge on any atom is 0.233 e. The van der Waals surface area contributed by atoms with E-state index in [9.17, 15) is 8.42 Å². The van der Waals surface area contributed by atoms with Crippen molar-refractivity contribution >= 4 is 50.5 Å². The molecular weight excluding hydrogens is 305 g/mol. The summed E-state index contributed by atoms with van der Waals surface area (Å²) in [4.78, 5) is 0. The summed E-state index contributed by atoms with van der Waals surface area (Å²) >= 11 is 17.3. The van der Waals surface area contributed by atoms with E-state index in [-0.39, 0.29) is 28.3 Å². The third-order valence-electron chi connectivity index (χ3n) is 1.98. The molecule has 0 aliphatic carbocycles. The summed E-state index contributed by atoms with van der Waals surface area (Å²) in [7, 11) is -3.46. The summed E-state index contributed by atoms with van der Waals surface area (Å²) in [5.74, 6) is 0.0934. The Morgan fingerprint density at radius 3 is 2.59 bits per heavy atom. The summed E-state index contributed by atoms with van der Waals surface area (Å²) in [6.45, 7) is 1.76. The van der Waals surface area contributed by atoms with Crippen molar-refractivity contribution in [3.63, 3.8) is 0 Å². The minimum atomic E-state index is -3.46. The first kappa shape index (κ1) is 14.9. The maximum atomic E-state index is 11.8. The van der Waals surface area contributed by atoms with E-state index in [1.165, 1.54) is 0 Å². The highest BCUT2D eigenvalue weighted by Crippen LogP contribution is 2.30. The number of rotatable bonds is 5. The Morgan fingerprint density at radius 1 is 1.35 bits per heavy atom. The highest BCUT2D eigenvalue weighted by atomic mass is 35.5. The van der Waals surface area contributed by atoms with E-state index in [0.717, 1.165) is 0 Å². The van der Waals surface area contributed by atoms with Gasteiger partial charge in [0.2, 0.25) is 10.0 Å². The number of benzene rings is 1. The molecule has 3 nitrogen and oxygen atoms in total. The van der Waals surface area contributed by atoms with Crippen molar-refractivity contribution in [2.45, 2.75) is 6.92 Å². The minimum absolute atomic E-state index is 0.0562. The first-order valence-corrected chi connectivity index (χ1v) is 7.80. The molecule has 0 aliphatic rings. The van der Waals surface area contributed by atoms with Gasteiger partial charge >= 0.3 is 0 Å². The van der Waals surface area contributed by atoms with Crippen LogP contribution in [0.5, 0.6) is 0 Å². The van der Waals surface area contributed by atoms with Crippen LogP contribution in [0.1, 0.15) is 6.92 Å². The van der Waals surface area contributed by atoms with E-state index in [2.05, 4.69) is 4.72 Å². The number of sulfonamides is 1. The van der Waals surface area contributed by atoms with Gasteiger partial charge in [0.25, 0.3) is 0 Å². The fraction of sp³-hybridized carbons (Fsp3) is 0.400. The Morgan fingerprint density at radius 2 is 2.00 bits per heavy atom. The van der Waals surface area contributed by atoms with Crippen LogP contribution in [0.2, 0.25) is 10.0 Å². The zero-order valence-corrected chi connectivity index (χ0v) is 12.2. The van der Waals surface area contributed by atoms with Gasteiger partial charge in [-0.25, -0.2) is 8.42 Å². The predicted molar refractivity (Wildman–Crippen MR) is 73.8 cm³/mol. The fourth-order valence-corrected chi connectivity index (χ4v) is 3.31. The lowest BCUT2D eigenvalue weighted by Crippen LogP contribution is -2.22. The van der Waals surface area contributed by atoms with E-state index in [1.807, 2.05) is 0 Å². The largest absolute Gasteiger partial charge is 0.282 e. The predicted octanol–water partition coefficient (Wildman–Crippen LogP) is 3.61. The molecule has 0 fully saturated rings. The van der Waals surface area contributed by atoms with Crippen molar-refractivity contribution in [1.82, 2.24) is 0 Å². The average molecular weight is 317 g/mol. The molecule has 0 aliphatic heterocycles. The van der Waals surface area contributed by atoms with Gasteiger partial charge in [0.15, 0.2) is 0 Å². The van der Waals surface area contributed by atoms with E-state index >= 15 is 0 Å². The van der Waals surface area contributed by atoms with Gasteiger partial charge in [-0.1, -0.05) is 36.2 Å². The number of halogens is 3. The molecule has 0 spiro atoms. The first-order chi connectivity index (χ1) is 7.85. The van der Waals surface area contributed by atoms with Gasteiger partial charge in [0.05, 0.1) is 21.5 Å². The number of alkyl halides is 1. The summed E-state index contributed by atoms with van der Waals surface area (Å²) < 4.78 is 25.9. The third-order valence-corrected chi connectivity index (χ3v) is 4.87. The van der Waals surface area contributed by atoms with Crippen LogP contribution in [0.15, 0.2) is 18.2 Å². The standard InChI is InChI=1S/C10H12Cl3NO2S/c1-7(5-11)6-17(15,16)14-9-4-2-3-8(12)10(9)13/h2-4,7,14H,5-6H2,1H3. The number of nitrogens with one attached hydrogen (secondary N) is 1. The van der Waals surface area contributed by atoms with Crippen LogP contribution < -0.4 is 4.72 Å². The van der Waals surface area contributed by atoms with Crippen LogP contribution >= 0.6 is 34.8 Å². The Bertz CT molecular complexity index is 490. The molecular formula is C10H12Cl3NO2S. The topological polar surface area (TPSA) is 46.2 Å². The first-order valence-electron chi connectivity index (χ1n) is 4.86. The Hall–Kier alpha value is -0.160. The van der Waals surface area contributed by atoms with Gasteiger partial charge in [0.1, 0.15) is 0 Å². The molecule has 1 unspecified atom stereocenters. The molecule has 0 amide bonds. The van der Waals surface area contributed by atoms with E-state index < -0.39 is 10.0 Å². The second kappa shape index (κ2) is 6.14. The molecule has 0 radical (unpaired) electrons. The second-order valence-electron chi connectivity index (χ2n) is 3.74. The summed E-state index contributed by atoms with van der Waals surface area (Å²) in [6.07, 6.45) is 0. The van der Waals surface area contributed by atoms with Crippen LogP contribution in [0.3, 0.4) is 0 Å². The highest BCUT2D eigenvalue weighted by molar-refractivity contribution is 7.92. The van der Waals surface area contributed by atoms with Gasteiger partial charge in [-0.3, -0.25) is 4.72 Å². The van der Waals surface area contributed by atoms with Crippen molar-refractivity contribution in [1.29, 1.82) is 0 Å². The lowest BCUT2D eigenvalue weighted by molar-refractivity contribution is 0.588. The second-order valence-corrected chi connectivity index (χ2v) is 6.61. The van der Waals surface area contributed by atoms with E-state index in [1.54, 1.807) is 25.1 Å². The molecule has 1 aromatic rings. The van der Waals surface area contributed by atoms with Crippen molar-refractivity contribution in [3.05, 3.63) is 28.2 Å². The quantitative estimate of drug-likeness (QED) is 0.844. The van der Waals surface area contributed by atoms with Crippen LogP contribution in [-0.4, -0.2) is 20.1 Å². The Balaban J connectivity index is 2.87. The van der Waals surface area contributed by atoms with Crippen molar-refractivity contribution in [2.75, 3.05) is 16.4 Å². The van der Waals surface area contributed by atoms with E-state index in [4.69, 9.17) is 34.8 Å². The number of hydrogen-bond acceptors (Lipinski definition) is 2. The van der Waals surface area contributed by atoms with Gasteiger partial charge in [0, 0.05) is 5.88 Å². The van der Waals surface area contributed by atoms with Gasteiger partial charge < -0.3 is 0 Å². The maximum absolute atomic E-state index is 11.8. The monoisotopic (exact) mass is 315 g/mol. The summed E-state index contributed by atoms with van der Waals surface area (Å²) in [5, 5.41) is 0.494. The highest BCUT2D eigenvalue weighted by Gasteiger charge is 2.17. The van der Waals surface area contributed by atoms with Crippen molar-refractivity contribution in [3.8, 4) is 0 Å². The molecule has 1 aromatic carbocycles. The van der Waals surface area contributed by atoms with Crippen molar-refractivity contribution in [2.24, 2.45) is 5.92 Å². The minimum Gasteiger partial charge on any atom is -0.282 e. The molecule has 0 heterocycles. The summed E-state index contributed by atoms with van der Waals surface area (Å²) in [6, 6.07) is 4.76. The molecule has 0 bridgehead atoms. The molecule has 0 aromatic heterocycles. The Labute approximate surface area is 116 Å². The molecule has 0 saturated carbocycles. The number of hydrogen-bond donors (Lipinski definition) is 1. The SMILES string of the molecule is CC(CCl)CS(=O)(=O)Nc1cccc(Cl)c1Cl. The van der Waals surface area contributed by atoms with Gasteiger partial charge in [-0.15, -0.1) is 11.6 Å². The number of anilines is 1. The molecule has 1 atom stereocenters. The Kier molecular flexibility index (Phi) is 5.38. The molecule has 7 heteroatoms. The van der Waals surface area contributed by atoms with Crippen LogP contribution in [0.25, 0.3) is 0 Å². The lowest BCUT2D eigenvalue weighted by Gasteiger charge is -2.12. The normalized spacial score (nSPS) is 13.4. The molecule has 96 valence electrons. The van der Waals surface area contributed by atoms with Crippen LogP contribution in [0, 0.1) is 5.92 Å². The molecule has 0 saturated heterocycles. The van der Waals surface area contributed by atoms with Crippen molar-refractivity contribution < 1.29 is 8.42 Å².